The van der Waals surface area contributed by atoms with Gasteiger partial charge in [-0.25, -0.2) is 4.98 Å². The topological polar surface area (TPSA) is 28.2 Å². The summed E-state index contributed by atoms with van der Waals surface area (Å²) in [5.41, 5.74) is 1.25. The van der Waals surface area contributed by atoms with Crippen LogP contribution in [0, 0.1) is 6.92 Å². The van der Waals surface area contributed by atoms with Crippen molar-refractivity contribution in [1.29, 1.82) is 0 Å². The summed E-state index contributed by atoms with van der Waals surface area (Å²) in [6.45, 7) is 5.79. The lowest BCUT2D eigenvalue weighted by molar-refractivity contribution is 0.181. The molecule has 4 heteroatoms. The van der Waals surface area contributed by atoms with Gasteiger partial charge < -0.3 is 5.32 Å². The Morgan fingerprint density at radius 3 is 3.17 bits per heavy atom. The molecule has 2 unspecified atom stereocenters. The first-order valence-corrected chi connectivity index (χ1v) is 8.09. The van der Waals surface area contributed by atoms with Crippen molar-refractivity contribution in [2.75, 3.05) is 19.6 Å². The highest BCUT2D eigenvalue weighted by atomic mass is 32.1. The third-order valence-corrected chi connectivity index (χ3v) is 5.13. The number of nitrogens with one attached hydrogen (secondary N) is 1. The SMILES string of the molecule is Cc1nc(CCNC2CCN3CCCCC23)cs1. The first-order chi connectivity index (χ1) is 8.83. The lowest BCUT2D eigenvalue weighted by atomic mass is 9.99. The van der Waals surface area contributed by atoms with Crippen LogP contribution < -0.4 is 5.32 Å². The van der Waals surface area contributed by atoms with Crippen LogP contribution in [0.1, 0.15) is 36.4 Å². The van der Waals surface area contributed by atoms with Crippen molar-refractivity contribution in [3.8, 4) is 0 Å². The monoisotopic (exact) mass is 265 g/mol. The first-order valence-electron chi connectivity index (χ1n) is 7.21. The van der Waals surface area contributed by atoms with E-state index in [1.807, 2.05) is 0 Å². The van der Waals surface area contributed by atoms with E-state index in [0.29, 0.717) is 0 Å². The molecule has 1 aromatic rings. The molecular weight excluding hydrogens is 242 g/mol. The molecule has 1 N–H and O–H groups in total. The van der Waals surface area contributed by atoms with Gasteiger partial charge in [0.05, 0.1) is 10.7 Å². The Morgan fingerprint density at radius 2 is 2.33 bits per heavy atom. The minimum absolute atomic E-state index is 0.727. The van der Waals surface area contributed by atoms with Gasteiger partial charge in [0.15, 0.2) is 0 Å². The summed E-state index contributed by atoms with van der Waals surface area (Å²) in [5.74, 6) is 0. The molecule has 2 atom stereocenters. The number of nitrogens with zero attached hydrogens (tertiary/aromatic N) is 2. The summed E-state index contributed by atoms with van der Waals surface area (Å²) >= 11 is 1.76. The van der Waals surface area contributed by atoms with Crippen LogP contribution in [-0.4, -0.2) is 41.6 Å². The summed E-state index contributed by atoms with van der Waals surface area (Å²) in [6, 6.07) is 1.54. The molecule has 0 radical (unpaired) electrons. The van der Waals surface area contributed by atoms with Crippen LogP contribution in [0.15, 0.2) is 5.38 Å². The molecule has 2 saturated heterocycles. The molecule has 1 aromatic heterocycles. The van der Waals surface area contributed by atoms with Gasteiger partial charge in [0, 0.05) is 37.0 Å². The van der Waals surface area contributed by atoms with Crippen molar-refractivity contribution >= 4 is 11.3 Å². The molecular formula is C14H23N3S. The quantitative estimate of drug-likeness (QED) is 0.905. The zero-order chi connectivity index (χ0) is 12.4. The molecule has 0 amide bonds. The van der Waals surface area contributed by atoms with Gasteiger partial charge in [0.1, 0.15) is 0 Å². The predicted molar refractivity (Wildman–Crippen MR) is 76.2 cm³/mol. The normalized spacial score (nSPS) is 28.5. The Labute approximate surface area is 114 Å². The van der Waals surface area contributed by atoms with Crippen molar-refractivity contribution in [1.82, 2.24) is 15.2 Å². The smallest absolute Gasteiger partial charge is 0.0897 e. The number of hydrogen-bond acceptors (Lipinski definition) is 4. The van der Waals surface area contributed by atoms with Crippen LogP contribution in [0.3, 0.4) is 0 Å². The van der Waals surface area contributed by atoms with E-state index in [1.165, 1.54) is 49.5 Å². The molecule has 3 nitrogen and oxygen atoms in total. The van der Waals surface area contributed by atoms with Gasteiger partial charge in [-0.1, -0.05) is 6.42 Å². The highest BCUT2D eigenvalue weighted by Gasteiger charge is 2.34. The molecule has 0 aromatic carbocycles. The number of rotatable bonds is 4. The van der Waals surface area contributed by atoms with Gasteiger partial charge in [0.25, 0.3) is 0 Å². The molecule has 0 saturated carbocycles. The molecule has 0 spiro atoms. The fourth-order valence-electron chi connectivity index (χ4n) is 3.39. The van der Waals surface area contributed by atoms with Crippen molar-refractivity contribution < 1.29 is 0 Å². The Bertz CT molecular complexity index is 390. The van der Waals surface area contributed by atoms with E-state index < -0.39 is 0 Å². The van der Waals surface area contributed by atoms with E-state index >= 15 is 0 Å². The fraction of sp³-hybridized carbons (Fsp3) is 0.786. The second-order valence-electron chi connectivity index (χ2n) is 5.56. The number of thiazole rings is 1. The predicted octanol–water partition coefficient (Wildman–Crippen LogP) is 2.21. The van der Waals surface area contributed by atoms with Crippen molar-refractivity contribution in [2.45, 2.75) is 51.1 Å². The van der Waals surface area contributed by atoms with Crippen LogP contribution >= 0.6 is 11.3 Å². The van der Waals surface area contributed by atoms with E-state index in [9.17, 15) is 0 Å². The zero-order valence-corrected chi connectivity index (χ0v) is 12.0. The van der Waals surface area contributed by atoms with E-state index in [1.54, 1.807) is 11.3 Å². The van der Waals surface area contributed by atoms with Crippen molar-refractivity contribution in [2.24, 2.45) is 0 Å². The number of aryl methyl sites for hydroxylation is 1. The summed E-state index contributed by atoms with van der Waals surface area (Å²) in [6.07, 6.45) is 6.63. The molecule has 18 heavy (non-hydrogen) atoms. The maximum Gasteiger partial charge on any atom is 0.0897 e. The molecule has 3 heterocycles. The van der Waals surface area contributed by atoms with E-state index in [0.717, 1.165) is 25.0 Å². The Hall–Kier alpha value is -0.450. The second kappa shape index (κ2) is 5.68. The maximum absolute atomic E-state index is 4.52. The van der Waals surface area contributed by atoms with Gasteiger partial charge in [-0.05, 0) is 32.7 Å². The molecule has 2 fully saturated rings. The Balaban J connectivity index is 1.46. The lowest BCUT2D eigenvalue weighted by Crippen LogP contribution is -2.45. The Kier molecular flexibility index (Phi) is 3.97. The lowest BCUT2D eigenvalue weighted by Gasteiger charge is -2.32. The molecule has 3 rings (SSSR count). The van der Waals surface area contributed by atoms with Crippen molar-refractivity contribution in [3.05, 3.63) is 16.1 Å². The summed E-state index contributed by atoms with van der Waals surface area (Å²) < 4.78 is 0. The number of aromatic nitrogens is 1. The second-order valence-corrected chi connectivity index (χ2v) is 6.62. The van der Waals surface area contributed by atoms with Crippen LogP contribution in [0.5, 0.6) is 0 Å². The standard InChI is InChI=1S/C14H23N3S/c1-11-16-12(10-18-11)5-7-15-13-6-9-17-8-3-2-4-14(13)17/h10,13-15H,2-9H2,1H3. The number of hydrogen-bond donors (Lipinski definition) is 1. The average Bonchev–Trinajstić information content (AvgIpc) is 2.97. The molecule has 0 aliphatic carbocycles. The van der Waals surface area contributed by atoms with Gasteiger partial charge in [-0.2, -0.15) is 0 Å². The fourth-order valence-corrected chi connectivity index (χ4v) is 4.04. The van der Waals surface area contributed by atoms with Crippen LogP contribution in [-0.2, 0) is 6.42 Å². The van der Waals surface area contributed by atoms with Gasteiger partial charge >= 0.3 is 0 Å². The molecule has 0 bridgehead atoms. The number of piperidine rings is 1. The molecule has 2 aliphatic rings. The minimum atomic E-state index is 0.727. The van der Waals surface area contributed by atoms with Crippen LogP contribution in [0.2, 0.25) is 0 Å². The maximum atomic E-state index is 4.52. The van der Waals surface area contributed by atoms with E-state index in [4.69, 9.17) is 0 Å². The van der Waals surface area contributed by atoms with Gasteiger partial charge in [0.2, 0.25) is 0 Å². The van der Waals surface area contributed by atoms with E-state index in [2.05, 4.69) is 27.5 Å². The van der Waals surface area contributed by atoms with Crippen LogP contribution in [0.25, 0.3) is 0 Å². The minimum Gasteiger partial charge on any atom is -0.312 e. The summed E-state index contributed by atoms with van der Waals surface area (Å²) in [7, 11) is 0. The number of fused-ring (bicyclic) bond motifs is 1. The van der Waals surface area contributed by atoms with Gasteiger partial charge in [-0.3, -0.25) is 4.90 Å². The summed E-state index contributed by atoms with van der Waals surface area (Å²) in [5, 5.41) is 7.14. The molecule has 2 aliphatic heterocycles. The highest BCUT2D eigenvalue weighted by Crippen LogP contribution is 2.27. The zero-order valence-electron chi connectivity index (χ0n) is 11.2. The largest absolute Gasteiger partial charge is 0.312 e. The van der Waals surface area contributed by atoms with Gasteiger partial charge in [-0.15, -0.1) is 11.3 Å². The molecule has 100 valence electrons. The Morgan fingerprint density at radius 1 is 1.39 bits per heavy atom. The first kappa shape index (κ1) is 12.6. The van der Waals surface area contributed by atoms with Crippen molar-refractivity contribution in [3.63, 3.8) is 0 Å². The average molecular weight is 265 g/mol. The summed E-state index contributed by atoms with van der Waals surface area (Å²) in [4.78, 5) is 7.21. The van der Waals surface area contributed by atoms with Crippen LogP contribution in [0.4, 0.5) is 0 Å². The highest BCUT2D eigenvalue weighted by molar-refractivity contribution is 7.09. The van der Waals surface area contributed by atoms with E-state index in [-0.39, 0.29) is 0 Å². The third kappa shape index (κ3) is 2.76. The third-order valence-electron chi connectivity index (χ3n) is 4.31.